The second-order valence-corrected chi connectivity index (χ2v) is 7.70. The topological polar surface area (TPSA) is 66.8 Å². The van der Waals surface area contributed by atoms with Crippen molar-refractivity contribution in [2.24, 2.45) is 0 Å². The number of aryl methyl sites for hydroxylation is 1. The maximum atomic E-state index is 13.4. The molecule has 6 heteroatoms. The molecule has 162 valence electrons. The minimum absolute atomic E-state index is 0.0184. The number of rotatable bonds is 5. The summed E-state index contributed by atoms with van der Waals surface area (Å²) in [6.07, 6.45) is 0. The number of carbonyl (C=O) groups is 2. The molecule has 1 atom stereocenters. The molecule has 0 aliphatic carbocycles. The van der Waals surface area contributed by atoms with E-state index in [9.17, 15) is 19.1 Å². The van der Waals surface area contributed by atoms with Crippen molar-refractivity contribution in [1.82, 2.24) is 4.90 Å². The van der Waals surface area contributed by atoms with Gasteiger partial charge in [-0.1, -0.05) is 42.0 Å². The lowest BCUT2D eigenvalue weighted by Gasteiger charge is -2.26. The van der Waals surface area contributed by atoms with Crippen LogP contribution >= 0.6 is 0 Å². The largest absolute Gasteiger partial charge is 0.507 e. The summed E-state index contributed by atoms with van der Waals surface area (Å²) in [6, 6.07) is 19.1. The Bertz CT molecular complexity index is 1220. The average molecular weight is 431 g/mol. The Morgan fingerprint density at radius 3 is 2.44 bits per heavy atom. The van der Waals surface area contributed by atoms with Crippen molar-refractivity contribution in [2.45, 2.75) is 19.5 Å². The van der Waals surface area contributed by atoms with Crippen molar-refractivity contribution in [1.29, 1.82) is 0 Å². The molecule has 4 rings (SSSR count). The second-order valence-electron chi connectivity index (χ2n) is 7.70. The lowest BCUT2D eigenvalue weighted by atomic mass is 9.94. The van der Waals surface area contributed by atoms with Gasteiger partial charge in [0.15, 0.2) is 0 Å². The maximum absolute atomic E-state index is 13.4. The normalized spacial score (nSPS) is 17.6. The Kier molecular flexibility index (Phi) is 5.77. The van der Waals surface area contributed by atoms with E-state index in [1.807, 2.05) is 43.3 Å². The van der Waals surface area contributed by atoms with E-state index >= 15 is 0 Å². The highest BCUT2D eigenvalue weighted by Crippen LogP contribution is 2.40. The summed E-state index contributed by atoms with van der Waals surface area (Å²) in [4.78, 5) is 27.6. The molecule has 1 heterocycles. The highest BCUT2D eigenvalue weighted by Gasteiger charge is 2.46. The van der Waals surface area contributed by atoms with Crippen molar-refractivity contribution in [2.75, 3.05) is 7.11 Å². The molecule has 32 heavy (non-hydrogen) atoms. The van der Waals surface area contributed by atoms with Crippen molar-refractivity contribution in [3.05, 3.63) is 106 Å². The van der Waals surface area contributed by atoms with E-state index in [1.165, 1.54) is 29.2 Å². The number of Topliss-reactive ketones (excluding diaryl/α,β-unsaturated/α-hetero) is 1. The number of carbonyl (C=O) groups excluding carboxylic acids is 2. The molecule has 3 aromatic carbocycles. The summed E-state index contributed by atoms with van der Waals surface area (Å²) in [6.45, 7) is 2.07. The first kappa shape index (κ1) is 21.3. The molecule has 0 aromatic heterocycles. The third-order valence-corrected chi connectivity index (χ3v) is 5.50. The van der Waals surface area contributed by atoms with E-state index in [2.05, 4.69) is 0 Å². The van der Waals surface area contributed by atoms with Crippen LogP contribution < -0.4 is 4.74 Å². The summed E-state index contributed by atoms with van der Waals surface area (Å²) in [5, 5.41) is 11.0. The summed E-state index contributed by atoms with van der Waals surface area (Å²) >= 11 is 0. The Labute approximate surface area is 185 Å². The predicted molar refractivity (Wildman–Crippen MR) is 118 cm³/mol. The van der Waals surface area contributed by atoms with Gasteiger partial charge in [-0.15, -0.1) is 0 Å². The summed E-state index contributed by atoms with van der Waals surface area (Å²) < 4.78 is 18.7. The van der Waals surface area contributed by atoms with E-state index in [4.69, 9.17) is 4.74 Å². The van der Waals surface area contributed by atoms with E-state index in [1.54, 1.807) is 19.2 Å². The van der Waals surface area contributed by atoms with E-state index < -0.39 is 23.5 Å². The van der Waals surface area contributed by atoms with Crippen LogP contribution in [-0.2, 0) is 16.1 Å². The number of amides is 1. The molecule has 1 saturated heterocycles. The van der Waals surface area contributed by atoms with Gasteiger partial charge in [0.25, 0.3) is 11.7 Å². The van der Waals surface area contributed by atoms with Crippen molar-refractivity contribution < 1.29 is 23.8 Å². The first-order valence-electron chi connectivity index (χ1n) is 10.1. The number of nitrogens with zero attached hydrogens (tertiary/aromatic N) is 1. The van der Waals surface area contributed by atoms with Gasteiger partial charge in [0, 0.05) is 12.1 Å². The number of hydrogen-bond donors (Lipinski definition) is 1. The number of ketones is 1. The van der Waals surface area contributed by atoms with Crippen LogP contribution in [0.25, 0.3) is 5.76 Å². The van der Waals surface area contributed by atoms with Crippen LogP contribution in [0, 0.1) is 12.7 Å². The first-order valence-corrected chi connectivity index (χ1v) is 10.1. The quantitative estimate of drug-likeness (QED) is 0.359. The van der Waals surface area contributed by atoms with Crippen molar-refractivity contribution in [3.8, 4) is 5.75 Å². The summed E-state index contributed by atoms with van der Waals surface area (Å²) in [5.41, 5.74) is 2.69. The molecular weight excluding hydrogens is 409 g/mol. The van der Waals surface area contributed by atoms with Crippen LogP contribution in [0.2, 0.25) is 0 Å². The summed E-state index contributed by atoms with van der Waals surface area (Å²) in [5.74, 6) is -1.64. The lowest BCUT2D eigenvalue weighted by molar-refractivity contribution is -0.140. The molecule has 1 fully saturated rings. The summed E-state index contributed by atoms with van der Waals surface area (Å²) in [7, 11) is 1.56. The van der Waals surface area contributed by atoms with Gasteiger partial charge in [-0.3, -0.25) is 9.59 Å². The molecule has 5 nitrogen and oxygen atoms in total. The highest BCUT2D eigenvalue weighted by molar-refractivity contribution is 6.46. The Morgan fingerprint density at radius 2 is 1.75 bits per heavy atom. The molecule has 0 radical (unpaired) electrons. The number of hydrogen-bond acceptors (Lipinski definition) is 4. The Morgan fingerprint density at radius 1 is 1.03 bits per heavy atom. The SMILES string of the molecule is COc1cccc(CN2C(=O)C(=O)/C(=C(\O)c3ccc(F)cc3)C2c2cccc(C)c2)c1. The van der Waals surface area contributed by atoms with Gasteiger partial charge in [-0.25, -0.2) is 4.39 Å². The van der Waals surface area contributed by atoms with Gasteiger partial charge >= 0.3 is 0 Å². The van der Waals surface area contributed by atoms with Crippen LogP contribution in [0.3, 0.4) is 0 Å². The molecule has 0 saturated carbocycles. The zero-order valence-corrected chi connectivity index (χ0v) is 17.7. The monoisotopic (exact) mass is 431 g/mol. The van der Waals surface area contributed by atoms with Crippen LogP contribution in [-0.4, -0.2) is 28.8 Å². The number of aliphatic hydroxyl groups excluding tert-OH is 1. The fraction of sp³-hybridized carbons (Fsp3) is 0.154. The van der Waals surface area contributed by atoms with Crippen molar-refractivity contribution >= 4 is 17.4 Å². The minimum atomic E-state index is -0.786. The fourth-order valence-corrected chi connectivity index (χ4v) is 3.96. The van der Waals surface area contributed by atoms with Gasteiger partial charge in [0.2, 0.25) is 0 Å². The molecular formula is C26H22FNO4. The molecule has 1 N–H and O–H groups in total. The Hall–Kier alpha value is -3.93. The zero-order valence-electron chi connectivity index (χ0n) is 17.7. The van der Waals surface area contributed by atoms with E-state index in [0.717, 1.165) is 11.1 Å². The first-order chi connectivity index (χ1) is 15.4. The van der Waals surface area contributed by atoms with Gasteiger partial charge in [0.05, 0.1) is 18.7 Å². The van der Waals surface area contributed by atoms with Gasteiger partial charge in [-0.2, -0.15) is 0 Å². The average Bonchev–Trinajstić information content (AvgIpc) is 3.04. The predicted octanol–water partition coefficient (Wildman–Crippen LogP) is 4.76. The smallest absolute Gasteiger partial charge is 0.295 e. The van der Waals surface area contributed by atoms with Crippen LogP contribution in [0.1, 0.15) is 28.3 Å². The van der Waals surface area contributed by atoms with E-state index in [-0.39, 0.29) is 23.4 Å². The standard InChI is InChI=1S/C26H22FNO4/c1-16-5-3-7-19(13-16)23-22(24(29)18-9-11-20(27)12-10-18)25(30)26(31)28(23)15-17-6-4-8-21(14-17)32-2/h3-14,23,29H,15H2,1-2H3/b24-22-. The maximum Gasteiger partial charge on any atom is 0.295 e. The highest BCUT2D eigenvalue weighted by atomic mass is 19.1. The number of likely N-dealkylation sites (tertiary alicyclic amines) is 1. The van der Waals surface area contributed by atoms with Gasteiger partial charge < -0.3 is 14.7 Å². The lowest BCUT2D eigenvalue weighted by Crippen LogP contribution is -2.29. The molecule has 1 amide bonds. The molecule has 3 aromatic rings. The van der Waals surface area contributed by atoms with Crippen LogP contribution in [0.5, 0.6) is 5.75 Å². The number of benzene rings is 3. The molecule has 0 spiro atoms. The second kappa shape index (κ2) is 8.67. The zero-order chi connectivity index (χ0) is 22.8. The number of ether oxygens (including phenoxy) is 1. The molecule has 1 aliphatic heterocycles. The molecule has 1 unspecified atom stereocenters. The number of halogens is 1. The third kappa shape index (κ3) is 3.99. The van der Waals surface area contributed by atoms with Gasteiger partial charge in [-0.05, 0) is 54.4 Å². The molecule has 1 aliphatic rings. The van der Waals surface area contributed by atoms with E-state index in [0.29, 0.717) is 11.3 Å². The number of aliphatic hydroxyl groups is 1. The number of methoxy groups -OCH3 is 1. The van der Waals surface area contributed by atoms with Gasteiger partial charge in [0.1, 0.15) is 17.3 Å². The van der Waals surface area contributed by atoms with Crippen molar-refractivity contribution in [3.63, 3.8) is 0 Å². The van der Waals surface area contributed by atoms with Crippen LogP contribution in [0.15, 0.2) is 78.4 Å². The minimum Gasteiger partial charge on any atom is -0.507 e. The van der Waals surface area contributed by atoms with Crippen LogP contribution in [0.4, 0.5) is 4.39 Å². The Balaban J connectivity index is 1.85. The fourth-order valence-electron chi connectivity index (χ4n) is 3.96. The molecule has 0 bridgehead atoms. The third-order valence-electron chi connectivity index (χ3n) is 5.50.